The Balaban J connectivity index is 1.85. The van der Waals surface area contributed by atoms with E-state index in [0.29, 0.717) is 6.04 Å². The summed E-state index contributed by atoms with van der Waals surface area (Å²) in [5, 5.41) is 3.41. The normalized spacial score (nSPS) is 18.8. The molecular weight excluding hydrogens is 186 g/mol. The first-order chi connectivity index (χ1) is 7.43. The van der Waals surface area contributed by atoms with Crippen LogP contribution in [0, 0.1) is 0 Å². The fraction of sp³-hybridized carbons (Fsp3) is 0.250. The van der Waals surface area contributed by atoms with Gasteiger partial charge in [-0.2, -0.15) is 0 Å². The van der Waals surface area contributed by atoms with Crippen LogP contribution < -0.4 is 5.32 Å². The van der Waals surface area contributed by atoms with Crippen molar-refractivity contribution >= 4 is 5.95 Å². The second kappa shape index (κ2) is 3.42. The molecular formula is C12H13N3. The first kappa shape index (κ1) is 8.53. The van der Waals surface area contributed by atoms with E-state index >= 15 is 0 Å². The number of benzene rings is 1. The summed E-state index contributed by atoms with van der Waals surface area (Å²) in [6, 6.07) is 9.02. The van der Waals surface area contributed by atoms with Crippen LogP contribution in [-0.2, 0) is 6.42 Å². The summed E-state index contributed by atoms with van der Waals surface area (Å²) in [7, 11) is 0. The quantitative estimate of drug-likeness (QED) is 0.780. The van der Waals surface area contributed by atoms with Gasteiger partial charge in [0.15, 0.2) is 0 Å². The van der Waals surface area contributed by atoms with Gasteiger partial charge in [0.25, 0.3) is 0 Å². The average Bonchev–Trinajstić information content (AvgIpc) is 2.89. The van der Waals surface area contributed by atoms with Crippen molar-refractivity contribution in [3.05, 3.63) is 47.8 Å². The van der Waals surface area contributed by atoms with Crippen LogP contribution in [0.3, 0.4) is 0 Å². The van der Waals surface area contributed by atoms with Gasteiger partial charge in [-0.05, 0) is 24.0 Å². The van der Waals surface area contributed by atoms with Crippen molar-refractivity contribution in [1.29, 1.82) is 0 Å². The lowest BCUT2D eigenvalue weighted by molar-refractivity contribution is 0.753. The SMILES string of the molecule is c1ccc2c(c1)CCC2Nc1ncc[nH]1. The fourth-order valence-electron chi connectivity index (χ4n) is 2.22. The van der Waals surface area contributed by atoms with E-state index in [1.165, 1.54) is 11.1 Å². The lowest BCUT2D eigenvalue weighted by Gasteiger charge is -2.12. The maximum Gasteiger partial charge on any atom is 0.200 e. The highest BCUT2D eigenvalue weighted by molar-refractivity contribution is 5.40. The molecule has 3 rings (SSSR count). The second-order valence-corrected chi connectivity index (χ2v) is 3.87. The molecule has 0 aliphatic heterocycles. The number of hydrogen-bond acceptors (Lipinski definition) is 2. The van der Waals surface area contributed by atoms with Gasteiger partial charge in [-0.1, -0.05) is 24.3 Å². The van der Waals surface area contributed by atoms with Crippen LogP contribution in [0.15, 0.2) is 36.7 Å². The summed E-state index contributed by atoms with van der Waals surface area (Å²) in [5.74, 6) is 0.858. The molecule has 1 aromatic heterocycles. The van der Waals surface area contributed by atoms with E-state index in [-0.39, 0.29) is 0 Å². The third-order valence-electron chi connectivity index (χ3n) is 2.94. The van der Waals surface area contributed by atoms with E-state index in [9.17, 15) is 0 Å². The monoisotopic (exact) mass is 199 g/mol. The van der Waals surface area contributed by atoms with Crippen LogP contribution in [0.2, 0.25) is 0 Å². The molecule has 1 atom stereocenters. The van der Waals surface area contributed by atoms with Crippen LogP contribution >= 0.6 is 0 Å². The van der Waals surface area contributed by atoms with E-state index in [2.05, 4.69) is 39.6 Å². The summed E-state index contributed by atoms with van der Waals surface area (Å²) >= 11 is 0. The van der Waals surface area contributed by atoms with Gasteiger partial charge in [0.05, 0.1) is 6.04 Å². The summed E-state index contributed by atoms with van der Waals surface area (Å²) in [6.45, 7) is 0. The van der Waals surface area contributed by atoms with Gasteiger partial charge < -0.3 is 10.3 Å². The van der Waals surface area contributed by atoms with Crippen LogP contribution in [0.4, 0.5) is 5.95 Å². The molecule has 2 aromatic rings. The molecule has 0 spiro atoms. The van der Waals surface area contributed by atoms with Crippen molar-refractivity contribution in [2.75, 3.05) is 5.32 Å². The Hall–Kier alpha value is -1.77. The van der Waals surface area contributed by atoms with Crippen LogP contribution in [0.25, 0.3) is 0 Å². The van der Waals surface area contributed by atoms with Crippen molar-refractivity contribution < 1.29 is 0 Å². The minimum absolute atomic E-state index is 0.410. The minimum Gasteiger partial charge on any atom is -0.349 e. The molecule has 1 heterocycles. The predicted octanol–water partition coefficient (Wildman–Crippen LogP) is 2.51. The first-order valence-corrected chi connectivity index (χ1v) is 5.27. The molecule has 15 heavy (non-hydrogen) atoms. The van der Waals surface area contributed by atoms with Gasteiger partial charge >= 0.3 is 0 Å². The van der Waals surface area contributed by atoms with Crippen LogP contribution in [0.5, 0.6) is 0 Å². The minimum atomic E-state index is 0.410. The Bertz CT molecular complexity index is 448. The molecule has 0 bridgehead atoms. The molecule has 0 amide bonds. The zero-order chi connectivity index (χ0) is 10.1. The Morgan fingerprint density at radius 1 is 1.33 bits per heavy atom. The number of rotatable bonds is 2. The van der Waals surface area contributed by atoms with Gasteiger partial charge in [-0.3, -0.25) is 0 Å². The second-order valence-electron chi connectivity index (χ2n) is 3.87. The van der Waals surface area contributed by atoms with Crippen molar-refractivity contribution in [2.45, 2.75) is 18.9 Å². The van der Waals surface area contributed by atoms with E-state index in [0.717, 1.165) is 18.8 Å². The summed E-state index contributed by atoms with van der Waals surface area (Å²) in [5.41, 5.74) is 2.87. The van der Waals surface area contributed by atoms with Crippen molar-refractivity contribution in [2.24, 2.45) is 0 Å². The smallest absolute Gasteiger partial charge is 0.200 e. The number of hydrogen-bond donors (Lipinski definition) is 2. The maximum atomic E-state index is 4.19. The van der Waals surface area contributed by atoms with E-state index in [1.807, 2.05) is 6.20 Å². The molecule has 2 N–H and O–H groups in total. The number of aromatic amines is 1. The number of H-pyrrole nitrogens is 1. The van der Waals surface area contributed by atoms with Gasteiger partial charge in [0.1, 0.15) is 0 Å². The van der Waals surface area contributed by atoms with E-state index in [1.54, 1.807) is 6.20 Å². The molecule has 1 unspecified atom stereocenters. The Morgan fingerprint density at radius 3 is 3.13 bits per heavy atom. The van der Waals surface area contributed by atoms with Gasteiger partial charge in [-0.15, -0.1) is 0 Å². The molecule has 0 saturated carbocycles. The highest BCUT2D eigenvalue weighted by Gasteiger charge is 2.21. The Morgan fingerprint density at radius 2 is 2.27 bits per heavy atom. The van der Waals surface area contributed by atoms with Crippen molar-refractivity contribution in [3.63, 3.8) is 0 Å². The van der Waals surface area contributed by atoms with E-state index in [4.69, 9.17) is 0 Å². The first-order valence-electron chi connectivity index (χ1n) is 5.27. The highest BCUT2D eigenvalue weighted by atomic mass is 15.1. The van der Waals surface area contributed by atoms with Gasteiger partial charge in [0, 0.05) is 12.4 Å². The summed E-state index contributed by atoms with van der Waals surface area (Å²) in [4.78, 5) is 7.26. The topological polar surface area (TPSA) is 40.7 Å². The van der Waals surface area contributed by atoms with Crippen molar-refractivity contribution in [3.8, 4) is 0 Å². The lowest BCUT2D eigenvalue weighted by Crippen LogP contribution is -2.07. The number of anilines is 1. The highest BCUT2D eigenvalue weighted by Crippen LogP contribution is 2.32. The molecule has 0 radical (unpaired) electrons. The molecule has 0 fully saturated rings. The Kier molecular flexibility index (Phi) is 1.95. The van der Waals surface area contributed by atoms with Gasteiger partial charge in [0.2, 0.25) is 5.95 Å². The zero-order valence-corrected chi connectivity index (χ0v) is 8.40. The number of aryl methyl sites for hydroxylation is 1. The number of nitrogens with zero attached hydrogens (tertiary/aromatic N) is 1. The maximum absolute atomic E-state index is 4.19. The number of nitrogens with one attached hydrogen (secondary N) is 2. The molecule has 3 nitrogen and oxygen atoms in total. The predicted molar refractivity (Wildman–Crippen MR) is 59.7 cm³/mol. The van der Waals surface area contributed by atoms with Gasteiger partial charge in [-0.25, -0.2) is 4.98 Å². The third-order valence-corrected chi connectivity index (χ3v) is 2.94. The molecule has 1 aromatic carbocycles. The molecule has 1 aliphatic rings. The molecule has 1 aliphatic carbocycles. The zero-order valence-electron chi connectivity index (χ0n) is 8.40. The standard InChI is InChI=1S/C12H13N3/c1-2-4-10-9(3-1)5-6-11(10)15-12-13-7-8-14-12/h1-4,7-8,11H,5-6H2,(H2,13,14,15). The molecule has 0 saturated heterocycles. The summed E-state index contributed by atoms with van der Waals surface area (Å²) < 4.78 is 0. The average molecular weight is 199 g/mol. The largest absolute Gasteiger partial charge is 0.349 e. The van der Waals surface area contributed by atoms with E-state index < -0.39 is 0 Å². The number of fused-ring (bicyclic) bond motifs is 1. The lowest BCUT2D eigenvalue weighted by atomic mass is 10.1. The number of imidazole rings is 1. The van der Waals surface area contributed by atoms with Crippen molar-refractivity contribution in [1.82, 2.24) is 9.97 Å². The van der Waals surface area contributed by atoms with Crippen LogP contribution in [-0.4, -0.2) is 9.97 Å². The Labute approximate surface area is 88.6 Å². The van der Waals surface area contributed by atoms with Crippen LogP contribution in [0.1, 0.15) is 23.6 Å². The molecule has 76 valence electrons. The third kappa shape index (κ3) is 1.50. The summed E-state index contributed by atoms with van der Waals surface area (Å²) in [6.07, 6.45) is 5.92. The molecule has 3 heteroatoms. The number of aromatic nitrogens is 2. The fourth-order valence-corrected chi connectivity index (χ4v) is 2.22.